The molecule has 0 saturated carbocycles. The van der Waals surface area contributed by atoms with Gasteiger partial charge in [0, 0.05) is 27.3 Å². The predicted molar refractivity (Wildman–Crippen MR) is 59.4 cm³/mol. The first-order valence-corrected chi connectivity index (χ1v) is 5.00. The van der Waals surface area contributed by atoms with Crippen molar-refractivity contribution < 1.29 is 4.84 Å². The zero-order chi connectivity index (χ0) is 10.4. The van der Waals surface area contributed by atoms with Crippen LogP contribution < -0.4 is 5.48 Å². The lowest BCUT2D eigenvalue weighted by atomic mass is 10.2. The summed E-state index contributed by atoms with van der Waals surface area (Å²) in [4.78, 5) is 5.03. The van der Waals surface area contributed by atoms with Crippen molar-refractivity contribution in [1.29, 1.82) is 0 Å². The number of hydrogen-bond acceptors (Lipinski definition) is 2. The molecule has 0 atom stereocenters. The first kappa shape index (κ1) is 11.7. The highest BCUT2D eigenvalue weighted by Gasteiger charge is 2.04. The summed E-state index contributed by atoms with van der Waals surface area (Å²) in [5.41, 5.74) is 4.55. The van der Waals surface area contributed by atoms with Crippen LogP contribution in [0, 0.1) is 0 Å². The summed E-state index contributed by atoms with van der Waals surface area (Å²) in [5, 5.41) is 1.16. The molecule has 0 radical (unpaired) electrons. The Bertz CT molecular complexity index is 308. The van der Waals surface area contributed by atoms with Crippen molar-refractivity contribution in [2.75, 3.05) is 0 Å². The molecule has 14 heavy (non-hydrogen) atoms. The Labute approximate surface area is 97.4 Å². The fourth-order valence-electron chi connectivity index (χ4n) is 0.858. The normalized spacial score (nSPS) is 10.8. The Morgan fingerprint density at radius 1 is 1.29 bits per heavy atom. The van der Waals surface area contributed by atoms with Gasteiger partial charge in [0.05, 0.1) is 0 Å². The smallest absolute Gasteiger partial charge is 0.102 e. The molecule has 5 heteroatoms. The Morgan fingerprint density at radius 3 is 2.50 bits per heavy atom. The van der Waals surface area contributed by atoms with E-state index < -0.39 is 0 Å². The Kier molecular flexibility index (Phi) is 5.12. The summed E-state index contributed by atoms with van der Waals surface area (Å²) >= 11 is 17.1. The molecule has 0 aliphatic heterocycles. The van der Waals surface area contributed by atoms with Gasteiger partial charge in [0.1, 0.15) is 6.61 Å². The van der Waals surface area contributed by atoms with Gasteiger partial charge in [-0.2, -0.15) is 0 Å². The van der Waals surface area contributed by atoms with Crippen LogP contribution in [0.15, 0.2) is 29.9 Å². The summed E-state index contributed by atoms with van der Waals surface area (Å²) < 4.78 is 0. The molecule has 0 unspecified atom stereocenters. The number of benzene rings is 1. The number of halogens is 3. The van der Waals surface area contributed by atoms with Crippen molar-refractivity contribution in [2.24, 2.45) is 0 Å². The van der Waals surface area contributed by atoms with Crippen molar-refractivity contribution in [3.8, 4) is 0 Å². The molecule has 0 aromatic heterocycles. The van der Waals surface area contributed by atoms with Crippen molar-refractivity contribution in [3.63, 3.8) is 0 Å². The van der Waals surface area contributed by atoms with Crippen molar-refractivity contribution >= 4 is 34.8 Å². The van der Waals surface area contributed by atoms with Gasteiger partial charge in [0.2, 0.25) is 0 Å². The van der Waals surface area contributed by atoms with E-state index in [4.69, 9.17) is 39.6 Å². The minimum Gasteiger partial charge on any atom is -0.273 e. The molecule has 76 valence electrons. The molecule has 0 aliphatic rings. The minimum absolute atomic E-state index is 0.278. The summed E-state index contributed by atoms with van der Waals surface area (Å²) in [6, 6.07) is 5.29. The summed E-state index contributed by atoms with van der Waals surface area (Å²) in [5.74, 6) is 0. The molecule has 1 aromatic carbocycles. The lowest BCUT2D eigenvalue weighted by molar-refractivity contribution is 0.0578. The molecule has 0 heterocycles. The molecule has 0 spiro atoms. The van der Waals surface area contributed by atoms with Gasteiger partial charge in [-0.15, -0.1) is 0 Å². The second-order valence-corrected chi connectivity index (χ2v) is 3.47. The van der Waals surface area contributed by atoms with Gasteiger partial charge in [-0.3, -0.25) is 10.3 Å². The van der Waals surface area contributed by atoms with E-state index in [9.17, 15) is 0 Å². The van der Waals surface area contributed by atoms with Crippen LogP contribution in [0.4, 0.5) is 0 Å². The van der Waals surface area contributed by atoms with E-state index in [1.54, 1.807) is 18.2 Å². The van der Waals surface area contributed by atoms with E-state index in [1.807, 2.05) is 0 Å². The van der Waals surface area contributed by atoms with Gasteiger partial charge in [0.25, 0.3) is 0 Å². The number of hydroxylamine groups is 1. The van der Waals surface area contributed by atoms with Gasteiger partial charge in [-0.1, -0.05) is 40.9 Å². The van der Waals surface area contributed by atoms with Gasteiger partial charge < -0.3 is 0 Å². The van der Waals surface area contributed by atoms with Crippen LogP contribution in [0.5, 0.6) is 0 Å². The Balaban J connectivity index is 2.57. The number of hydrogen-bond donors (Lipinski definition) is 1. The second-order valence-electron chi connectivity index (χ2n) is 2.40. The van der Waals surface area contributed by atoms with Crippen molar-refractivity contribution in [1.82, 2.24) is 5.48 Å². The zero-order valence-corrected chi connectivity index (χ0v) is 9.40. The first-order chi connectivity index (χ1) is 6.75. The maximum absolute atomic E-state index is 5.91. The molecule has 1 aromatic rings. The lowest BCUT2D eigenvalue weighted by Crippen LogP contribution is -2.06. The lowest BCUT2D eigenvalue weighted by Gasteiger charge is -2.06. The second kappa shape index (κ2) is 6.14. The van der Waals surface area contributed by atoms with Crippen LogP contribution in [0.3, 0.4) is 0 Å². The van der Waals surface area contributed by atoms with Gasteiger partial charge >= 0.3 is 0 Å². The van der Waals surface area contributed by atoms with E-state index in [1.165, 1.54) is 11.7 Å². The molecule has 0 bridgehead atoms. The summed E-state index contributed by atoms with van der Waals surface area (Å²) in [6.07, 6.45) is 1.45. The standard InChI is InChI=1S/C9H8Cl3NO/c10-4-5-13-14-6-7-8(11)2-1-3-9(7)12/h1-5,13H,6H2/b5-4+. The maximum Gasteiger partial charge on any atom is 0.102 e. The van der Waals surface area contributed by atoms with Crippen LogP contribution in [-0.4, -0.2) is 0 Å². The molecule has 1 rings (SSSR count). The van der Waals surface area contributed by atoms with E-state index >= 15 is 0 Å². The van der Waals surface area contributed by atoms with Crippen LogP contribution in [0.2, 0.25) is 10.0 Å². The maximum atomic E-state index is 5.91. The third kappa shape index (κ3) is 3.39. The molecule has 0 fully saturated rings. The van der Waals surface area contributed by atoms with Crippen molar-refractivity contribution in [2.45, 2.75) is 6.61 Å². The fraction of sp³-hybridized carbons (Fsp3) is 0.111. The van der Waals surface area contributed by atoms with E-state index in [2.05, 4.69) is 5.48 Å². The van der Waals surface area contributed by atoms with Gasteiger partial charge in [0.15, 0.2) is 0 Å². The first-order valence-electron chi connectivity index (χ1n) is 3.81. The fourth-order valence-corrected chi connectivity index (χ4v) is 1.42. The van der Waals surface area contributed by atoms with Crippen LogP contribution in [0.1, 0.15) is 5.56 Å². The highest BCUT2D eigenvalue weighted by atomic mass is 35.5. The van der Waals surface area contributed by atoms with Gasteiger partial charge in [-0.05, 0) is 12.1 Å². The molecule has 0 amide bonds. The Hall–Kier alpha value is -0.410. The minimum atomic E-state index is 0.278. The molecule has 0 saturated heterocycles. The predicted octanol–water partition coefficient (Wildman–Crippen LogP) is 3.72. The van der Waals surface area contributed by atoms with Crippen LogP contribution in [0.25, 0.3) is 0 Å². The average molecular weight is 253 g/mol. The van der Waals surface area contributed by atoms with Crippen molar-refractivity contribution in [3.05, 3.63) is 45.5 Å². The molecular weight excluding hydrogens is 244 g/mol. The highest BCUT2D eigenvalue weighted by molar-refractivity contribution is 6.35. The van der Waals surface area contributed by atoms with Crippen LogP contribution in [-0.2, 0) is 11.4 Å². The summed E-state index contributed by atoms with van der Waals surface area (Å²) in [6.45, 7) is 0.278. The third-order valence-corrected chi connectivity index (χ3v) is 2.33. The highest BCUT2D eigenvalue weighted by Crippen LogP contribution is 2.24. The molecular formula is C9H8Cl3NO. The van der Waals surface area contributed by atoms with E-state index in [0.717, 1.165) is 5.56 Å². The summed E-state index contributed by atoms with van der Waals surface area (Å²) in [7, 11) is 0. The third-order valence-electron chi connectivity index (χ3n) is 1.49. The van der Waals surface area contributed by atoms with Crippen LogP contribution >= 0.6 is 34.8 Å². The van der Waals surface area contributed by atoms with E-state index in [-0.39, 0.29) is 6.61 Å². The Morgan fingerprint density at radius 2 is 1.93 bits per heavy atom. The molecule has 1 N–H and O–H groups in total. The zero-order valence-electron chi connectivity index (χ0n) is 7.14. The topological polar surface area (TPSA) is 21.3 Å². The number of rotatable bonds is 4. The quantitative estimate of drug-likeness (QED) is 0.651. The SMILES string of the molecule is Cl/C=C/NOCc1c(Cl)cccc1Cl. The number of nitrogens with one attached hydrogen (secondary N) is 1. The molecule has 2 nitrogen and oxygen atoms in total. The van der Waals surface area contributed by atoms with Gasteiger partial charge in [-0.25, -0.2) is 0 Å². The largest absolute Gasteiger partial charge is 0.273 e. The molecule has 0 aliphatic carbocycles. The average Bonchev–Trinajstić information content (AvgIpc) is 2.16. The van der Waals surface area contributed by atoms with E-state index in [0.29, 0.717) is 10.0 Å². The monoisotopic (exact) mass is 251 g/mol.